The second-order valence-electron chi connectivity index (χ2n) is 5.71. The number of esters is 1. The lowest BCUT2D eigenvalue weighted by Gasteiger charge is -2.10. The Hall–Kier alpha value is -2.71. The first kappa shape index (κ1) is 21.0. The molecule has 0 saturated carbocycles. The first-order valence-corrected chi connectivity index (χ1v) is 10.1. The molecule has 1 aliphatic rings. The van der Waals surface area contributed by atoms with Crippen molar-refractivity contribution in [3.8, 4) is 18.1 Å². The molecule has 1 aromatic carbocycles. The minimum absolute atomic E-state index is 0.00623. The lowest BCUT2D eigenvalue weighted by Crippen LogP contribution is -2.27. The number of halogens is 1. The zero-order valence-corrected chi connectivity index (χ0v) is 18.1. The van der Waals surface area contributed by atoms with Gasteiger partial charge >= 0.3 is 5.97 Å². The van der Waals surface area contributed by atoms with Gasteiger partial charge in [0.05, 0.1) is 22.1 Å². The van der Waals surface area contributed by atoms with Gasteiger partial charge in [0.2, 0.25) is 5.76 Å². The van der Waals surface area contributed by atoms with Crippen molar-refractivity contribution < 1.29 is 28.3 Å². The quantitative estimate of drug-likeness (QED) is 0.246. The maximum Gasteiger partial charge on any atom is 0.373 e. The molecule has 0 radical (unpaired) electrons. The molecule has 2 heterocycles. The lowest BCUT2D eigenvalue weighted by molar-refractivity contribution is -0.123. The van der Waals surface area contributed by atoms with E-state index < -0.39 is 17.1 Å². The number of furan rings is 1. The molecular weight excluding hydrogens is 509 g/mol. The SMILES string of the molecule is C#CCOc1ccc(/C=C2/SC(=O)N(Cc3ccc(C(=O)OC)o3)C2=O)cc1I. The Bertz CT molecular complexity index is 1050. The van der Waals surface area contributed by atoms with Gasteiger partial charge in [-0.1, -0.05) is 12.0 Å². The lowest BCUT2D eigenvalue weighted by atomic mass is 10.2. The molecule has 9 heteroatoms. The largest absolute Gasteiger partial charge is 0.480 e. The van der Waals surface area contributed by atoms with E-state index in [1.54, 1.807) is 18.2 Å². The molecule has 1 fully saturated rings. The van der Waals surface area contributed by atoms with E-state index >= 15 is 0 Å². The number of thioether (sulfide) groups is 1. The molecule has 0 bridgehead atoms. The number of nitrogens with zero attached hydrogens (tertiary/aromatic N) is 1. The number of amides is 2. The van der Waals surface area contributed by atoms with Crippen LogP contribution in [-0.2, 0) is 16.1 Å². The molecule has 0 spiro atoms. The third-order valence-corrected chi connectivity index (χ3v) is 5.55. The van der Waals surface area contributed by atoms with Crippen molar-refractivity contribution in [1.82, 2.24) is 4.90 Å². The number of ether oxygens (including phenoxy) is 2. The van der Waals surface area contributed by atoms with Crippen LogP contribution in [0.1, 0.15) is 21.9 Å². The number of methoxy groups -OCH3 is 1. The second-order valence-corrected chi connectivity index (χ2v) is 7.86. The maximum atomic E-state index is 12.6. The van der Waals surface area contributed by atoms with Crippen molar-refractivity contribution in [1.29, 1.82) is 0 Å². The summed E-state index contributed by atoms with van der Waals surface area (Å²) >= 11 is 2.95. The number of benzene rings is 1. The molecular formula is C20H14INO6S. The first-order chi connectivity index (χ1) is 13.9. The Labute approximate surface area is 184 Å². The van der Waals surface area contributed by atoms with Crippen molar-refractivity contribution in [3.05, 3.63) is 55.9 Å². The normalized spacial score (nSPS) is 14.9. The Morgan fingerprint density at radius 1 is 1.34 bits per heavy atom. The summed E-state index contributed by atoms with van der Waals surface area (Å²) in [5, 5.41) is -0.416. The molecule has 1 aliphatic heterocycles. The summed E-state index contributed by atoms with van der Waals surface area (Å²) in [5.74, 6) is 2.30. The predicted octanol–water partition coefficient (Wildman–Crippen LogP) is 3.92. The van der Waals surface area contributed by atoms with Crippen molar-refractivity contribution in [2.24, 2.45) is 0 Å². The van der Waals surface area contributed by atoms with Crippen LogP contribution in [0.3, 0.4) is 0 Å². The van der Waals surface area contributed by atoms with Gasteiger partial charge in [-0.2, -0.15) is 0 Å². The van der Waals surface area contributed by atoms with Gasteiger partial charge in [0.1, 0.15) is 18.1 Å². The van der Waals surface area contributed by atoms with Crippen LogP contribution < -0.4 is 4.74 Å². The molecule has 7 nitrogen and oxygen atoms in total. The predicted molar refractivity (Wildman–Crippen MR) is 115 cm³/mol. The highest BCUT2D eigenvalue weighted by atomic mass is 127. The molecule has 0 unspecified atom stereocenters. The molecule has 148 valence electrons. The van der Waals surface area contributed by atoms with E-state index in [2.05, 4.69) is 33.2 Å². The molecule has 0 N–H and O–H groups in total. The molecule has 2 amide bonds. The molecule has 0 atom stereocenters. The standard InChI is InChI=1S/C20H14INO6S/c1-3-8-27-15-6-4-12(9-14(15)21)10-17-18(23)22(20(25)29-17)11-13-5-7-16(28-13)19(24)26-2/h1,4-7,9-10H,8,11H2,2H3/b17-10+. The Kier molecular flexibility index (Phi) is 6.66. The van der Waals surface area contributed by atoms with Gasteiger partial charge in [-0.25, -0.2) is 4.79 Å². The molecule has 29 heavy (non-hydrogen) atoms. The number of rotatable bonds is 6. The number of carbonyl (C=O) groups is 3. The van der Waals surface area contributed by atoms with Crippen LogP contribution in [-0.4, -0.2) is 35.7 Å². The van der Waals surface area contributed by atoms with Crippen LogP contribution in [0.15, 0.2) is 39.7 Å². The van der Waals surface area contributed by atoms with Crippen LogP contribution in [0.4, 0.5) is 4.79 Å². The average Bonchev–Trinajstić information content (AvgIpc) is 3.27. The summed E-state index contributed by atoms with van der Waals surface area (Å²) < 4.78 is 16.2. The van der Waals surface area contributed by atoms with E-state index in [-0.39, 0.29) is 18.9 Å². The third kappa shape index (κ3) is 4.83. The summed E-state index contributed by atoms with van der Waals surface area (Å²) in [4.78, 5) is 37.7. The van der Waals surface area contributed by atoms with Crippen molar-refractivity contribution in [3.63, 3.8) is 0 Å². The van der Waals surface area contributed by atoms with Gasteiger partial charge in [-0.3, -0.25) is 14.5 Å². The summed E-state index contributed by atoms with van der Waals surface area (Å²) in [5.41, 5.74) is 0.749. The molecule has 3 rings (SSSR count). The fourth-order valence-corrected chi connectivity index (χ4v) is 3.99. The fraction of sp³-hybridized carbons (Fsp3) is 0.150. The highest BCUT2D eigenvalue weighted by Gasteiger charge is 2.35. The van der Waals surface area contributed by atoms with Crippen LogP contribution in [0, 0.1) is 15.9 Å². The molecule has 1 aromatic heterocycles. The van der Waals surface area contributed by atoms with Gasteiger partial charge in [0, 0.05) is 0 Å². The van der Waals surface area contributed by atoms with Gasteiger partial charge < -0.3 is 13.9 Å². The zero-order valence-electron chi connectivity index (χ0n) is 15.1. The van der Waals surface area contributed by atoms with Crippen molar-refractivity contribution >= 4 is 57.5 Å². The van der Waals surface area contributed by atoms with Crippen LogP contribution in [0.5, 0.6) is 5.75 Å². The number of terminal acetylenes is 1. The van der Waals surface area contributed by atoms with Crippen LogP contribution >= 0.6 is 34.4 Å². The minimum Gasteiger partial charge on any atom is -0.480 e. The Morgan fingerprint density at radius 2 is 2.14 bits per heavy atom. The highest BCUT2D eigenvalue weighted by molar-refractivity contribution is 14.1. The highest BCUT2D eigenvalue weighted by Crippen LogP contribution is 2.34. The number of imide groups is 1. The van der Waals surface area contributed by atoms with E-state index in [9.17, 15) is 14.4 Å². The topological polar surface area (TPSA) is 86.1 Å². The zero-order chi connectivity index (χ0) is 21.0. The fourth-order valence-electron chi connectivity index (χ4n) is 2.46. The Balaban J connectivity index is 1.74. The number of carbonyl (C=O) groups excluding carboxylic acids is 3. The second kappa shape index (κ2) is 9.19. The van der Waals surface area contributed by atoms with Gasteiger partial charge in [0.15, 0.2) is 0 Å². The molecule has 1 saturated heterocycles. The maximum absolute atomic E-state index is 12.6. The van der Waals surface area contributed by atoms with E-state index in [0.29, 0.717) is 16.4 Å². The monoisotopic (exact) mass is 523 g/mol. The van der Waals surface area contributed by atoms with Gasteiger partial charge in [0.25, 0.3) is 11.1 Å². The molecule has 2 aromatic rings. The van der Waals surface area contributed by atoms with E-state index in [0.717, 1.165) is 25.8 Å². The number of hydrogen-bond acceptors (Lipinski definition) is 7. The smallest absolute Gasteiger partial charge is 0.373 e. The summed E-state index contributed by atoms with van der Waals surface area (Å²) in [7, 11) is 1.24. The van der Waals surface area contributed by atoms with E-state index in [1.165, 1.54) is 19.2 Å². The van der Waals surface area contributed by atoms with Crippen molar-refractivity contribution in [2.75, 3.05) is 13.7 Å². The van der Waals surface area contributed by atoms with Crippen LogP contribution in [0.2, 0.25) is 0 Å². The summed E-state index contributed by atoms with van der Waals surface area (Å²) in [6.45, 7) is 0.0914. The van der Waals surface area contributed by atoms with Crippen LogP contribution in [0.25, 0.3) is 6.08 Å². The summed E-state index contributed by atoms with van der Waals surface area (Å²) in [6.07, 6.45) is 6.83. The van der Waals surface area contributed by atoms with E-state index in [1.807, 2.05) is 6.07 Å². The molecule has 0 aliphatic carbocycles. The van der Waals surface area contributed by atoms with E-state index in [4.69, 9.17) is 15.6 Å². The van der Waals surface area contributed by atoms with Gasteiger partial charge in [-0.15, -0.1) is 6.42 Å². The van der Waals surface area contributed by atoms with Crippen molar-refractivity contribution in [2.45, 2.75) is 6.54 Å². The first-order valence-electron chi connectivity index (χ1n) is 8.21. The number of hydrogen-bond donors (Lipinski definition) is 0. The average molecular weight is 523 g/mol. The van der Waals surface area contributed by atoms with Gasteiger partial charge in [-0.05, 0) is 70.3 Å². The third-order valence-electron chi connectivity index (χ3n) is 3.80. The Morgan fingerprint density at radius 3 is 2.83 bits per heavy atom. The summed E-state index contributed by atoms with van der Waals surface area (Å²) in [6, 6.07) is 8.32. The minimum atomic E-state index is -0.630.